The number of hydrogen-bond donors (Lipinski definition) is 4. The number of nitrogens with one attached hydrogen (secondary N) is 3. The zero-order valence-corrected chi connectivity index (χ0v) is 17.2. The van der Waals surface area contributed by atoms with Gasteiger partial charge in [0.15, 0.2) is 0 Å². The molecule has 3 amide bonds. The van der Waals surface area contributed by atoms with Crippen LogP contribution in [0.2, 0.25) is 0 Å². The van der Waals surface area contributed by atoms with Gasteiger partial charge in [-0.15, -0.1) is 0 Å². The predicted octanol–water partition coefficient (Wildman–Crippen LogP) is 1.60. The highest BCUT2D eigenvalue weighted by Crippen LogP contribution is 2.18. The molecule has 0 saturated heterocycles. The second-order valence-corrected chi connectivity index (χ2v) is 6.94. The summed E-state index contributed by atoms with van der Waals surface area (Å²) >= 11 is 0. The first-order chi connectivity index (χ1) is 15.1. The molecule has 1 aromatic heterocycles. The van der Waals surface area contributed by atoms with E-state index in [1.54, 1.807) is 49.7 Å². The molecule has 9 nitrogen and oxygen atoms in total. The van der Waals surface area contributed by atoms with E-state index in [1.165, 1.54) is 0 Å². The van der Waals surface area contributed by atoms with Gasteiger partial charge in [-0.2, -0.15) is 0 Å². The Hall–Kier alpha value is -3.43. The molecule has 0 bridgehead atoms. The molecular weight excluding hydrogens is 400 g/mol. The molecule has 1 aliphatic rings. The van der Waals surface area contributed by atoms with Crippen molar-refractivity contribution in [1.29, 1.82) is 0 Å². The van der Waals surface area contributed by atoms with E-state index in [9.17, 15) is 14.7 Å². The van der Waals surface area contributed by atoms with Crippen LogP contribution in [0.1, 0.15) is 12.1 Å². The number of aliphatic hydroxyl groups is 1. The molecule has 31 heavy (non-hydrogen) atoms. The number of carbonyl (C=O) groups is 2. The smallest absolute Gasteiger partial charge is 0.319 e. The van der Waals surface area contributed by atoms with Gasteiger partial charge in [0.25, 0.3) is 0 Å². The minimum Gasteiger partial charge on any atom is -0.497 e. The third-order valence-corrected chi connectivity index (χ3v) is 4.67. The number of pyridine rings is 1. The maximum Gasteiger partial charge on any atom is 0.319 e. The lowest BCUT2D eigenvalue weighted by molar-refractivity contribution is -0.125. The number of rotatable bonds is 8. The summed E-state index contributed by atoms with van der Waals surface area (Å²) < 4.78 is 10.9. The Kier molecular flexibility index (Phi) is 7.97. The molecule has 9 heteroatoms. The number of carbonyl (C=O) groups excluding carboxylic acids is 2. The number of urea groups is 1. The van der Waals surface area contributed by atoms with E-state index >= 15 is 0 Å². The van der Waals surface area contributed by atoms with Crippen LogP contribution in [0.15, 0.2) is 60.8 Å². The molecule has 1 aliphatic heterocycles. The number of benzene rings is 1. The zero-order valence-electron chi connectivity index (χ0n) is 17.2. The highest BCUT2D eigenvalue weighted by molar-refractivity contribution is 5.89. The lowest BCUT2D eigenvalue weighted by atomic mass is 10.0. The van der Waals surface area contributed by atoms with Crippen LogP contribution in [-0.4, -0.2) is 54.0 Å². The number of anilines is 1. The normalized spacial score (nSPS) is 20.0. The molecule has 0 saturated carbocycles. The van der Waals surface area contributed by atoms with E-state index in [2.05, 4.69) is 20.9 Å². The molecule has 0 radical (unpaired) electrons. The molecule has 4 N–H and O–H groups in total. The Morgan fingerprint density at radius 1 is 1.19 bits per heavy atom. The van der Waals surface area contributed by atoms with Crippen LogP contribution in [-0.2, 0) is 16.1 Å². The van der Waals surface area contributed by atoms with E-state index in [1.807, 2.05) is 18.2 Å². The van der Waals surface area contributed by atoms with Crippen molar-refractivity contribution in [1.82, 2.24) is 15.6 Å². The predicted molar refractivity (Wildman–Crippen MR) is 115 cm³/mol. The number of aliphatic hydroxyl groups excluding tert-OH is 1. The first kappa shape index (κ1) is 22.3. The van der Waals surface area contributed by atoms with E-state index in [0.717, 1.165) is 5.69 Å². The van der Waals surface area contributed by atoms with Gasteiger partial charge in [0.2, 0.25) is 5.91 Å². The maximum absolute atomic E-state index is 12.3. The summed E-state index contributed by atoms with van der Waals surface area (Å²) in [5.74, 6) is 0.426. The fraction of sp³-hybridized carbons (Fsp3) is 0.318. The van der Waals surface area contributed by atoms with Crippen molar-refractivity contribution in [2.75, 3.05) is 19.0 Å². The summed E-state index contributed by atoms with van der Waals surface area (Å²) in [4.78, 5) is 28.7. The molecule has 3 rings (SSSR count). The average molecular weight is 426 g/mol. The summed E-state index contributed by atoms with van der Waals surface area (Å²) in [6, 6.07) is 11.5. The van der Waals surface area contributed by atoms with Crippen LogP contribution in [0.5, 0.6) is 5.75 Å². The summed E-state index contributed by atoms with van der Waals surface area (Å²) in [5.41, 5.74) is 1.33. The van der Waals surface area contributed by atoms with Gasteiger partial charge in [-0.1, -0.05) is 24.3 Å². The van der Waals surface area contributed by atoms with Crippen molar-refractivity contribution in [3.8, 4) is 5.75 Å². The van der Waals surface area contributed by atoms with Crippen molar-refractivity contribution in [2.24, 2.45) is 0 Å². The monoisotopic (exact) mass is 426 g/mol. The summed E-state index contributed by atoms with van der Waals surface area (Å²) in [6.07, 6.45) is 4.03. The third kappa shape index (κ3) is 6.80. The number of amides is 3. The van der Waals surface area contributed by atoms with Gasteiger partial charge >= 0.3 is 6.03 Å². The van der Waals surface area contributed by atoms with E-state index in [0.29, 0.717) is 18.0 Å². The Labute approximate surface area is 180 Å². The van der Waals surface area contributed by atoms with Crippen molar-refractivity contribution in [3.63, 3.8) is 0 Å². The lowest BCUT2D eigenvalue weighted by Gasteiger charge is -2.31. The van der Waals surface area contributed by atoms with Crippen LogP contribution in [0.4, 0.5) is 10.5 Å². The average Bonchev–Trinajstić information content (AvgIpc) is 2.79. The van der Waals surface area contributed by atoms with E-state index in [4.69, 9.17) is 9.47 Å². The Bertz CT molecular complexity index is 906. The largest absolute Gasteiger partial charge is 0.497 e. The summed E-state index contributed by atoms with van der Waals surface area (Å²) in [7, 11) is 1.55. The first-order valence-corrected chi connectivity index (χ1v) is 9.90. The molecular formula is C22H26N4O5. The number of ether oxygens (including phenoxy) is 2. The highest BCUT2D eigenvalue weighted by Gasteiger charge is 2.29. The molecule has 0 unspecified atom stereocenters. The second kappa shape index (κ2) is 11.1. The number of methoxy groups -OCH3 is 1. The van der Waals surface area contributed by atoms with Gasteiger partial charge in [0.05, 0.1) is 44.5 Å². The van der Waals surface area contributed by atoms with Crippen LogP contribution in [0, 0.1) is 0 Å². The van der Waals surface area contributed by atoms with Crippen LogP contribution in [0.25, 0.3) is 0 Å². The van der Waals surface area contributed by atoms with Crippen molar-refractivity contribution in [2.45, 2.75) is 31.2 Å². The summed E-state index contributed by atoms with van der Waals surface area (Å²) in [5, 5.41) is 17.9. The van der Waals surface area contributed by atoms with Gasteiger partial charge in [-0.3, -0.25) is 9.78 Å². The first-order valence-electron chi connectivity index (χ1n) is 9.90. The third-order valence-electron chi connectivity index (χ3n) is 4.67. The fourth-order valence-corrected chi connectivity index (χ4v) is 3.10. The molecule has 2 heterocycles. The van der Waals surface area contributed by atoms with Crippen LogP contribution >= 0.6 is 0 Å². The van der Waals surface area contributed by atoms with Crippen molar-refractivity contribution < 1.29 is 24.2 Å². The topological polar surface area (TPSA) is 122 Å². The Morgan fingerprint density at radius 2 is 2.06 bits per heavy atom. The molecule has 0 aliphatic carbocycles. The highest BCUT2D eigenvalue weighted by atomic mass is 16.5. The fourth-order valence-electron chi connectivity index (χ4n) is 3.10. The SMILES string of the molecule is COc1cccc(NC(=O)N[C@@H]2C=C[C@H](CC(=O)NCc3ccccn3)O[C@@H]2CO)c1. The van der Waals surface area contributed by atoms with Crippen LogP contribution < -0.4 is 20.7 Å². The molecule has 0 fully saturated rings. The van der Waals surface area contributed by atoms with Gasteiger partial charge < -0.3 is 30.5 Å². The van der Waals surface area contributed by atoms with Crippen molar-refractivity contribution in [3.05, 3.63) is 66.5 Å². The Balaban J connectivity index is 1.49. The van der Waals surface area contributed by atoms with E-state index < -0.39 is 24.3 Å². The lowest BCUT2D eigenvalue weighted by Crippen LogP contribution is -2.50. The molecule has 1 aromatic carbocycles. The molecule has 164 valence electrons. The number of nitrogens with zero attached hydrogens (tertiary/aromatic N) is 1. The molecule has 0 spiro atoms. The Morgan fingerprint density at radius 3 is 2.81 bits per heavy atom. The molecule has 2 aromatic rings. The number of aromatic nitrogens is 1. The maximum atomic E-state index is 12.3. The van der Waals surface area contributed by atoms with Gasteiger partial charge in [-0.05, 0) is 24.3 Å². The second-order valence-electron chi connectivity index (χ2n) is 6.94. The minimum absolute atomic E-state index is 0.0998. The minimum atomic E-state index is -0.672. The zero-order chi connectivity index (χ0) is 22.1. The van der Waals surface area contributed by atoms with Gasteiger partial charge in [0.1, 0.15) is 11.9 Å². The quantitative estimate of drug-likeness (QED) is 0.476. The van der Waals surface area contributed by atoms with Gasteiger partial charge in [0, 0.05) is 18.0 Å². The summed E-state index contributed by atoms with van der Waals surface area (Å²) in [6.45, 7) is 0.0225. The van der Waals surface area contributed by atoms with Gasteiger partial charge in [-0.25, -0.2) is 4.79 Å². The van der Waals surface area contributed by atoms with E-state index in [-0.39, 0.29) is 18.9 Å². The number of hydrogen-bond acceptors (Lipinski definition) is 6. The van der Waals surface area contributed by atoms with Crippen molar-refractivity contribution >= 4 is 17.6 Å². The standard InChI is InChI=1S/C22H26N4O5/c1-30-17-7-4-6-15(11-17)25-22(29)26-19-9-8-18(31-20(19)14-27)12-21(28)24-13-16-5-2-3-10-23-16/h2-11,18-20,27H,12-14H2,1H3,(H,24,28)(H2,25,26,29)/t18-,19-,20-/m1/s1. The van der Waals surface area contributed by atoms with Crippen LogP contribution in [0.3, 0.4) is 0 Å². The molecule has 3 atom stereocenters.